The van der Waals surface area contributed by atoms with Gasteiger partial charge < -0.3 is 20.6 Å². The lowest BCUT2D eigenvalue weighted by molar-refractivity contribution is -0.141. The zero-order chi connectivity index (χ0) is 15.5. The molecule has 0 aliphatic carbocycles. The van der Waals surface area contributed by atoms with Crippen LogP contribution in [0.3, 0.4) is 0 Å². The summed E-state index contributed by atoms with van der Waals surface area (Å²) in [5, 5.41) is 13.9. The summed E-state index contributed by atoms with van der Waals surface area (Å²) in [7, 11) is 0. The van der Waals surface area contributed by atoms with Crippen LogP contribution in [0.15, 0.2) is 0 Å². The fraction of sp³-hybridized carbons (Fsp3) is 0.769. The number of carbonyl (C=O) groups excluding carboxylic acids is 2. The normalized spacial score (nSPS) is 11.6. The van der Waals surface area contributed by atoms with Gasteiger partial charge in [-0.15, -0.1) is 0 Å². The number of nitrogens with one attached hydrogen (secondary N) is 2. The zero-order valence-corrected chi connectivity index (χ0v) is 12.4. The quantitative estimate of drug-likeness (QED) is 0.580. The van der Waals surface area contributed by atoms with Crippen LogP contribution in [-0.4, -0.2) is 54.1 Å². The first-order valence-electron chi connectivity index (χ1n) is 6.98. The van der Waals surface area contributed by atoms with E-state index in [1.165, 1.54) is 0 Å². The van der Waals surface area contributed by atoms with Gasteiger partial charge in [-0.25, -0.2) is 4.79 Å². The Kier molecular flexibility index (Phi) is 9.15. The second-order valence-electron chi connectivity index (χ2n) is 4.40. The summed E-state index contributed by atoms with van der Waals surface area (Å²) < 4.78 is 0. The molecule has 20 heavy (non-hydrogen) atoms. The van der Waals surface area contributed by atoms with E-state index < -0.39 is 17.9 Å². The molecular weight excluding hydrogens is 262 g/mol. The van der Waals surface area contributed by atoms with Crippen molar-refractivity contribution >= 4 is 17.9 Å². The summed E-state index contributed by atoms with van der Waals surface area (Å²) in [6.45, 7) is 7.18. The van der Waals surface area contributed by atoms with Crippen molar-refractivity contribution in [3.8, 4) is 0 Å². The zero-order valence-electron chi connectivity index (χ0n) is 12.4. The topological polar surface area (TPSA) is 98.7 Å². The molecule has 0 rings (SSSR count). The van der Waals surface area contributed by atoms with E-state index in [-0.39, 0.29) is 25.4 Å². The highest BCUT2D eigenvalue weighted by Crippen LogP contribution is 2.00. The van der Waals surface area contributed by atoms with E-state index in [0.717, 1.165) is 0 Å². The third-order valence-corrected chi connectivity index (χ3v) is 3.09. The van der Waals surface area contributed by atoms with Gasteiger partial charge in [0.2, 0.25) is 5.91 Å². The highest BCUT2D eigenvalue weighted by atomic mass is 16.4. The molecule has 116 valence electrons. The van der Waals surface area contributed by atoms with Crippen LogP contribution in [0.25, 0.3) is 0 Å². The molecule has 7 heteroatoms. The van der Waals surface area contributed by atoms with E-state index >= 15 is 0 Å². The van der Waals surface area contributed by atoms with Gasteiger partial charge in [0.05, 0.1) is 5.92 Å². The number of hydrogen-bond acceptors (Lipinski definition) is 3. The van der Waals surface area contributed by atoms with Gasteiger partial charge in [-0.3, -0.25) is 9.59 Å². The van der Waals surface area contributed by atoms with Crippen molar-refractivity contribution in [2.24, 2.45) is 5.92 Å². The number of carboxylic acid groups (broad SMARTS) is 1. The number of rotatable bonds is 9. The molecule has 0 saturated heterocycles. The number of nitrogens with zero attached hydrogens (tertiary/aromatic N) is 1. The first kappa shape index (κ1) is 18.2. The highest BCUT2D eigenvalue weighted by Gasteiger charge is 2.16. The minimum absolute atomic E-state index is 0.00716. The van der Waals surface area contributed by atoms with Crippen molar-refractivity contribution in [3.63, 3.8) is 0 Å². The van der Waals surface area contributed by atoms with Crippen LogP contribution in [0.5, 0.6) is 0 Å². The SMILES string of the molecule is CCC(CNC(=O)NCCC(=O)N(CC)CC)C(=O)O. The molecule has 0 aromatic heterocycles. The van der Waals surface area contributed by atoms with Crippen molar-refractivity contribution in [2.45, 2.75) is 33.6 Å². The molecule has 0 heterocycles. The van der Waals surface area contributed by atoms with E-state index in [1.807, 2.05) is 13.8 Å². The molecule has 0 radical (unpaired) electrons. The summed E-state index contributed by atoms with van der Waals surface area (Å²) in [5.41, 5.74) is 0. The molecule has 3 amide bonds. The monoisotopic (exact) mass is 287 g/mol. The van der Waals surface area contributed by atoms with Gasteiger partial charge in [-0.2, -0.15) is 0 Å². The lowest BCUT2D eigenvalue weighted by Crippen LogP contribution is -2.41. The average molecular weight is 287 g/mol. The first-order valence-corrected chi connectivity index (χ1v) is 6.98. The van der Waals surface area contributed by atoms with Crippen molar-refractivity contribution in [1.29, 1.82) is 0 Å². The smallest absolute Gasteiger partial charge is 0.314 e. The van der Waals surface area contributed by atoms with Crippen LogP contribution in [0.2, 0.25) is 0 Å². The van der Waals surface area contributed by atoms with Gasteiger partial charge in [0.1, 0.15) is 0 Å². The fourth-order valence-corrected chi connectivity index (χ4v) is 1.70. The lowest BCUT2D eigenvalue weighted by Gasteiger charge is -2.18. The Hall–Kier alpha value is -1.79. The Balaban J connectivity index is 3.89. The molecule has 0 fully saturated rings. The molecule has 0 spiro atoms. The van der Waals surface area contributed by atoms with Crippen LogP contribution in [0.1, 0.15) is 33.6 Å². The molecule has 3 N–H and O–H groups in total. The first-order chi connectivity index (χ1) is 9.46. The Labute approximate surface area is 119 Å². The largest absolute Gasteiger partial charge is 0.481 e. The summed E-state index contributed by atoms with van der Waals surface area (Å²) >= 11 is 0. The van der Waals surface area contributed by atoms with Crippen LogP contribution in [-0.2, 0) is 9.59 Å². The highest BCUT2D eigenvalue weighted by molar-refractivity contribution is 5.78. The van der Waals surface area contributed by atoms with E-state index in [1.54, 1.807) is 11.8 Å². The van der Waals surface area contributed by atoms with Crippen LogP contribution >= 0.6 is 0 Å². The van der Waals surface area contributed by atoms with Crippen molar-refractivity contribution in [1.82, 2.24) is 15.5 Å². The van der Waals surface area contributed by atoms with E-state index in [4.69, 9.17) is 5.11 Å². The number of aliphatic carboxylic acids is 1. The molecule has 1 unspecified atom stereocenters. The molecule has 0 bridgehead atoms. The third kappa shape index (κ3) is 6.96. The number of urea groups is 1. The van der Waals surface area contributed by atoms with Gasteiger partial charge in [0.15, 0.2) is 0 Å². The molecule has 0 aliphatic heterocycles. The van der Waals surface area contributed by atoms with Gasteiger partial charge in [-0.1, -0.05) is 6.92 Å². The minimum atomic E-state index is -0.926. The van der Waals surface area contributed by atoms with Crippen molar-refractivity contribution in [2.75, 3.05) is 26.2 Å². The molecular formula is C13H25N3O4. The molecule has 1 atom stereocenters. The Bertz CT molecular complexity index is 330. The van der Waals surface area contributed by atoms with Gasteiger partial charge in [0, 0.05) is 32.6 Å². The van der Waals surface area contributed by atoms with Gasteiger partial charge in [-0.05, 0) is 20.3 Å². The third-order valence-electron chi connectivity index (χ3n) is 3.09. The molecule has 0 aromatic rings. The van der Waals surface area contributed by atoms with Crippen LogP contribution in [0, 0.1) is 5.92 Å². The maximum Gasteiger partial charge on any atom is 0.314 e. The van der Waals surface area contributed by atoms with Crippen molar-refractivity contribution in [3.05, 3.63) is 0 Å². The van der Waals surface area contributed by atoms with Gasteiger partial charge >= 0.3 is 12.0 Å². The molecule has 0 saturated carbocycles. The maximum atomic E-state index is 11.7. The number of amides is 3. The lowest BCUT2D eigenvalue weighted by atomic mass is 10.1. The van der Waals surface area contributed by atoms with E-state index in [9.17, 15) is 14.4 Å². The van der Waals surface area contributed by atoms with Crippen LogP contribution < -0.4 is 10.6 Å². The van der Waals surface area contributed by atoms with E-state index in [0.29, 0.717) is 19.5 Å². The summed E-state index contributed by atoms with van der Waals surface area (Å²) in [6.07, 6.45) is 0.696. The standard InChI is InChI=1S/C13H25N3O4/c1-4-10(12(18)19)9-15-13(20)14-8-7-11(17)16(5-2)6-3/h10H,4-9H2,1-3H3,(H,18,19)(H2,14,15,20). The fourth-order valence-electron chi connectivity index (χ4n) is 1.70. The summed E-state index contributed by atoms with van der Waals surface area (Å²) in [5.74, 6) is -1.52. The Morgan fingerprint density at radius 3 is 2.15 bits per heavy atom. The maximum absolute atomic E-state index is 11.7. The predicted molar refractivity (Wildman–Crippen MR) is 75.4 cm³/mol. The Morgan fingerprint density at radius 1 is 1.10 bits per heavy atom. The minimum Gasteiger partial charge on any atom is -0.481 e. The van der Waals surface area contributed by atoms with Crippen LogP contribution in [0.4, 0.5) is 4.79 Å². The predicted octanol–water partition coefficient (Wildman–Crippen LogP) is 0.655. The summed E-state index contributed by atoms with van der Waals surface area (Å²) in [4.78, 5) is 35.6. The van der Waals surface area contributed by atoms with Crippen molar-refractivity contribution < 1.29 is 19.5 Å². The molecule has 0 aromatic carbocycles. The molecule has 0 aliphatic rings. The summed E-state index contributed by atoms with van der Waals surface area (Å²) in [6, 6.07) is -0.447. The second-order valence-corrected chi connectivity index (χ2v) is 4.40. The van der Waals surface area contributed by atoms with Gasteiger partial charge in [0.25, 0.3) is 0 Å². The molecule has 7 nitrogen and oxygen atoms in total. The second kappa shape index (κ2) is 10.1. The van der Waals surface area contributed by atoms with E-state index in [2.05, 4.69) is 10.6 Å². The number of carboxylic acids is 1. The average Bonchev–Trinajstić information content (AvgIpc) is 2.40. The Morgan fingerprint density at radius 2 is 1.70 bits per heavy atom. The number of carbonyl (C=O) groups is 3. The number of hydrogen-bond donors (Lipinski definition) is 3.